The first-order valence-corrected chi connectivity index (χ1v) is 9.55. The van der Waals surface area contributed by atoms with Crippen LogP contribution in [0.25, 0.3) is 0 Å². The summed E-state index contributed by atoms with van der Waals surface area (Å²) in [7, 11) is 0. The van der Waals surface area contributed by atoms with Gasteiger partial charge >= 0.3 is 0 Å². The number of hydrogen-bond acceptors (Lipinski definition) is 3. The van der Waals surface area contributed by atoms with Gasteiger partial charge in [-0.15, -0.1) is 12.4 Å². The van der Waals surface area contributed by atoms with Crippen molar-refractivity contribution in [1.82, 2.24) is 15.5 Å². The van der Waals surface area contributed by atoms with Crippen molar-refractivity contribution in [2.45, 2.75) is 63.8 Å². The molecule has 3 aliphatic rings. The number of piperidine rings is 2. The predicted molar refractivity (Wildman–Crippen MR) is 97.0 cm³/mol. The van der Waals surface area contributed by atoms with Crippen LogP contribution in [0, 0.1) is 11.8 Å². The van der Waals surface area contributed by atoms with Crippen molar-refractivity contribution in [3.63, 3.8) is 0 Å². The largest absolute Gasteiger partial charge is 0.353 e. The van der Waals surface area contributed by atoms with Gasteiger partial charge in [-0.1, -0.05) is 19.3 Å². The Balaban J connectivity index is 0.00000192. The number of carbonyl (C=O) groups is 1. The molecule has 1 aliphatic carbocycles. The minimum Gasteiger partial charge on any atom is -0.353 e. The van der Waals surface area contributed by atoms with Crippen molar-refractivity contribution in [2.75, 3.05) is 32.7 Å². The molecule has 0 spiro atoms. The van der Waals surface area contributed by atoms with E-state index in [2.05, 4.69) is 15.5 Å². The molecule has 2 N–H and O–H groups in total. The molecule has 0 aromatic heterocycles. The molecule has 2 aliphatic heterocycles. The molecule has 23 heavy (non-hydrogen) atoms. The summed E-state index contributed by atoms with van der Waals surface area (Å²) >= 11 is 0. The monoisotopic (exact) mass is 343 g/mol. The Kier molecular flexibility index (Phi) is 8.14. The lowest BCUT2D eigenvalue weighted by Gasteiger charge is -2.36. The summed E-state index contributed by atoms with van der Waals surface area (Å²) in [5, 5.41) is 6.78. The Morgan fingerprint density at radius 2 is 1.61 bits per heavy atom. The van der Waals surface area contributed by atoms with E-state index < -0.39 is 0 Å². The van der Waals surface area contributed by atoms with Gasteiger partial charge in [-0.25, -0.2) is 0 Å². The number of amides is 1. The molecule has 0 radical (unpaired) electrons. The molecule has 2 heterocycles. The highest BCUT2D eigenvalue weighted by molar-refractivity contribution is 5.85. The van der Waals surface area contributed by atoms with Gasteiger partial charge in [0, 0.05) is 31.6 Å². The predicted octanol–water partition coefficient (Wildman–Crippen LogP) is 2.57. The van der Waals surface area contributed by atoms with Crippen LogP contribution in [0.3, 0.4) is 0 Å². The SMILES string of the molecule is Cl.O=C(NC1CCN(CC2CCNCC2)CC1)C1CCCCC1. The minimum absolute atomic E-state index is 0. The third kappa shape index (κ3) is 5.91. The Bertz CT molecular complexity index is 346. The lowest BCUT2D eigenvalue weighted by atomic mass is 9.88. The van der Waals surface area contributed by atoms with Crippen LogP contribution in [0.2, 0.25) is 0 Å². The second-order valence-corrected chi connectivity index (χ2v) is 7.61. The first-order valence-electron chi connectivity index (χ1n) is 9.55. The first kappa shape index (κ1) is 19.0. The number of hydrogen-bond donors (Lipinski definition) is 2. The van der Waals surface area contributed by atoms with Crippen molar-refractivity contribution < 1.29 is 4.79 Å². The Morgan fingerprint density at radius 1 is 0.957 bits per heavy atom. The molecule has 0 unspecified atom stereocenters. The van der Waals surface area contributed by atoms with Crippen LogP contribution >= 0.6 is 12.4 Å². The van der Waals surface area contributed by atoms with Crippen molar-refractivity contribution in [2.24, 2.45) is 11.8 Å². The molecule has 4 nitrogen and oxygen atoms in total. The molecule has 134 valence electrons. The molecule has 0 bridgehead atoms. The third-order valence-electron chi connectivity index (χ3n) is 5.89. The highest BCUT2D eigenvalue weighted by atomic mass is 35.5. The maximum Gasteiger partial charge on any atom is 0.223 e. The van der Waals surface area contributed by atoms with Gasteiger partial charge in [0.05, 0.1) is 0 Å². The van der Waals surface area contributed by atoms with Crippen LogP contribution in [-0.4, -0.2) is 49.6 Å². The summed E-state index contributed by atoms with van der Waals surface area (Å²) in [6, 6.07) is 0.429. The van der Waals surface area contributed by atoms with Gasteiger partial charge in [0.1, 0.15) is 0 Å². The molecule has 3 rings (SSSR count). The van der Waals surface area contributed by atoms with E-state index in [0.29, 0.717) is 17.9 Å². The van der Waals surface area contributed by atoms with Gasteiger partial charge in [0.2, 0.25) is 5.91 Å². The molecule has 0 aromatic rings. The molecular formula is C18H34ClN3O. The molecule has 2 saturated heterocycles. The van der Waals surface area contributed by atoms with Gasteiger partial charge < -0.3 is 15.5 Å². The second kappa shape index (κ2) is 9.85. The lowest BCUT2D eigenvalue weighted by Crippen LogP contribution is -2.48. The normalized spacial score (nSPS) is 25.7. The van der Waals surface area contributed by atoms with Crippen molar-refractivity contribution in [3.05, 3.63) is 0 Å². The standard InChI is InChI=1S/C18H33N3O.ClH/c22-18(16-4-2-1-3-5-16)20-17-8-12-21(13-9-17)14-15-6-10-19-11-7-15;/h15-17,19H,1-14H2,(H,20,22);1H. The number of rotatable bonds is 4. The minimum atomic E-state index is 0. The van der Waals surface area contributed by atoms with Gasteiger partial charge in [0.15, 0.2) is 0 Å². The Hall–Kier alpha value is -0.320. The summed E-state index contributed by atoms with van der Waals surface area (Å²) in [6.45, 7) is 5.99. The van der Waals surface area contributed by atoms with E-state index in [4.69, 9.17) is 0 Å². The van der Waals surface area contributed by atoms with Crippen LogP contribution in [0.4, 0.5) is 0 Å². The zero-order valence-corrected chi connectivity index (χ0v) is 15.2. The average molecular weight is 344 g/mol. The van der Waals surface area contributed by atoms with Crippen molar-refractivity contribution >= 4 is 18.3 Å². The van der Waals surface area contributed by atoms with E-state index in [1.54, 1.807) is 0 Å². The van der Waals surface area contributed by atoms with E-state index >= 15 is 0 Å². The second-order valence-electron chi connectivity index (χ2n) is 7.61. The zero-order valence-electron chi connectivity index (χ0n) is 14.4. The van der Waals surface area contributed by atoms with E-state index in [1.165, 1.54) is 64.8 Å². The van der Waals surface area contributed by atoms with E-state index in [1.807, 2.05) is 0 Å². The first-order chi connectivity index (χ1) is 10.8. The maximum absolute atomic E-state index is 12.3. The van der Waals surface area contributed by atoms with Gasteiger partial charge in [-0.2, -0.15) is 0 Å². The summed E-state index contributed by atoms with van der Waals surface area (Å²) in [5.41, 5.74) is 0. The summed E-state index contributed by atoms with van der Waals surface area (Å²) < 4.78 is 0. The molecule has 1 amide bonds. The van der Waals surface area contributed by atoms with Crippen molar-refractivity contribution in [1.29, 1.82) is 0 Å². The lowest BCUT2D eigenvalue weighted by molar-refractivity contribution is -0.127. The number of halogens is 1. The fourth-order valence-electron chi connectivity index (χ4n) is 4.37. The summed E-state index contributed by atoms with van der Waals surface area (Å²) in [5.74, 6) is 1.53. The van der Waals surface area contributed by atoms with Gasteiger partial charge in [-0.05, 0) is 57.5 Å². The number of nitrogens with one attached hydrogen (secondary N) is 2. The van der Waals surface area contributed by atoms with Crippen molar-refractivity contribution in [3.8, 4) is 0 Å². The molecule has 1 saturated carbocycles. The average Bonchev–Trinajstić information content (AvgIpc) is 2.58. The summed E-state index contributed by atoms with van der Waals surface area (Å²) in [6.07, 6.45) is 11.0. The Morgan fingerprint density at radius 3 is 2.26 bits per heavy atom. The fourth-order valence-corrected chi connectivity index (χ4v) is 4.37. The molecule has 3 fully saturated rings. The van der Waals surface area contributed by atoms with Crippen LogP contribution in [0.1, 0.15) is 57.8 Å². The number of carbonyl (C=O) groups excluding carboxylic acids is 1. The Labute approximate surface area is 147 Å². The molecular weight excluding hydrogens is 310 g/mol. The van der Waals surface area contributed by atoms with Crippen LogP contribution in [-0.2, 0) is 4.79 Å². The highest BCUT2D eigenvalue weighted by Gasteiger charge is 2.26. The van der Waals surface area contributed by atoms with E-state index in [-0.39, 0.29) is 12.4 Å². The van der Waals surface area contributed by atoms with Crippen LogP contribution in [0.15, 0.2) is 0 Å². The van der Waals surface area contributed by atoms with E-state index in [9.17, 15) is 4.79 Å². The fraction of sp³-hybridized carbons (Fsp3) is 0.944. The summed E-state index contributed by atoms with van der Waals surface area (Å²) in [4.78, 5) is 15.0. The molecule has 0 atom stereocenters. The van der Waals surface area contributed by atoms with Crippen LogP contribution in [0.5, 0.6) is 0 Å². The van der Waals surface area contributed by atoms with Crippen LogP contribution < -0.4 is 10.6 Å². The quantitative estimate of drug-likeness (QED) is 0.824. The van der Waals surface area contributed by atoms with Gasteiger partial charge in [0.25, 0.3) is 0 Å². The third-order valence-corrected chi connectivity index (χ3v) is 5.89. The maximum atomic E-state index is 12.3. The zero-order chi connectivity index (χ0) is 15.2. The highest BCUT2D eigenvalue weighted by Crippen LogP contribution is 2.24. The van der Waals surface area contributed by atoms with Gasteiger partial charge in [-0.3, -0.25) is 4.79 Å². The smallest absolute Gasteiger partial charge is 0.223 e. The topological polar surface area (TPSA) is 44.4 Å². The number of nitrogens with zero attached hydrogens (tertiary/aromatic N) is 1. The number of likely N-dealkylation sites (tertiary alicyclic amines) is 1. The van der Waals surface area contributed by atoms with E-state index in [0.717, 1.165) is 31.6 Å². The molecule has 0 aromatic carbocycles. The molecule has 5 heteroatoms.